The number of hydrogen-bond donors (Lipinski definition) is 0. The lowest BCUT2D eigenvalue weighted by Crippen LogP contribution is -2.29. The van der Waals surface area contributed by atoms with Crippen LogP contribution in [0.3, 0.4) is 0 Å². The van der Waals surface area contributed by atoms with E-state index in [4.69, 9.17) is 4.52 Å². The molecule has 122 valence electrons. The van der Waals surface area contributed by atoms with Gasteiger partial charge >= 0.3 is 6.18 Å². The van der Waals surface area contributed by atoms with Gasteiger partial charge in [-0.25, -0.2) is 0 Å². The van der Waals surface area contributed by atoms with Crippen molar-refractivity contribution in [2.75, 3.05) is 0 Å². The second-order valence-corrected chi connectivity index (χ2v) is 7.22. The van der Waals surface area contributed by atoms with Gasteiger partial charge in [0.05, 0.1) is 0 Å². The Morgan fingerprint density at radius 2 is 1.74 bits per heavy atom. The van der Waals surface area contributed by atoms with Crippen molar-refractivity contribution < 1.29 is 17.7 Å². The van der Waals surface area contributed by atoms with Gasteiger partial charge in [0.1, 0.15) is 5.41 Å². The Hall–Kier alpha value is -1.85. The number of nitrogens with zero attached hydrogens (tertiary/aromatic N) is 2. The predicted molar refractivity (Wildman–Crippen MR) is 77.0 cm³/mol. The standard InChI is InChI=1S/C17H17F3N2O/c1-15(2)11(10-6-4-3-5-7-10)12(15)13-21-14(23-22-13)16(8-9-16)17(18,19)20/h3-7,11-12H,8-9H2,1-2H3/t11-,12+/m1/s1. The Balaban J connectivity index is 1.64. The summed E-state index contributed by atoms with van der Waals surface area (Å²) in [6, 6.07) is 9.94. The highest BCUT2D eigenvalue weighted by Crippen LogP contribution is 2.69. The van der Waals surface area contributed by atoms with Crippen molar-refractivity contribution in [3.63, 3.8) is 0 Å². The molecule has 0 N–H and O–H groups in total. The topological polar surface area (TPSA) is 38.9 Å². The first kappa shape index (κ1) is 14.7. The van der Waals surface area contributed by atoms with Gasteiger partial charge in [0.2, 0.25) is 5.89 Å². The minimum Gasteiger partial charge on any atom is -0.338 e. The molecule has 2 atom stereocenters. The van der Waals surface area contributed by atoms with E-state index in [9.17, 15) is 13.2 Å². The number of benzene rings is 1. The average molecular weight is 322 g/mol. The molecule has 2 fully saturated rings. The number of halogens is 3. The van der Waals surface area contributed by atoms with Gasteiger partial charge in [-0.05, 0) is 23.8 Å². The van der Waals surface area contributed by atoms with Crippen LogP contribution in [0.5, 0.6) is 0 Å². The van der Waals surface area contributed by atoms with E-state index in [1.54, 1.807) is 0 Å². The summed E-state index contributed by atoms with van der Waals surface area (Å²) < 4.78 is 44.5. The van der Waals surface area contributed by atoms with Gasteiger partial charge < -0.3 is 4.52 Å². The van der Waals surface area contributed by atoms with Gasteiger partial charge in [-0.15, -0.1) is 0 Å². The predicted octanol–water partition coefficient (Wildman–Crippen LogP) is 4.57. The second kappa shape index (κ2) is 4.36. The van der Waals surface area contributed by atoms with Crippen molar-refractivity contribution >= 4 is 0 Å². The van der Waals surface area contributed by atoms with Crippen LogP contribution in [0.25, 0.3) is 0 Å². The highest BCUT2D eigenvalue weighted by molar-refractivity contribution is 5.38. The fraction of sp³-hybridized carbons (Fsp3) is 0.529. The molecule has 0 amide bonds. The molecule has 2 saturated carbocycles. The molecule has 0 unspecified atom stereocenters. The molecule has 1 aromatic carbocycles. The van der Waals surface area contributed by atoms with Crippen molar-refractivity contribution in [3.05, 3.63) is 47.6 Å². The summed E-state index contributed by atoms with van der Waals surface area (Å²) in [5.74, 6) is 0.325. The Labute approximate surface area is 131 Å². The smallest absolute Gasteiger partial charge is 0.338 e. The fourth-order valence-electron chi connectivity index (χ4n) is 3.70. The molecule has 4 rings (SSSR count). The lowest BCUT2D eigenvalue weighted by atomic mass is 10.0. The number of hydrogen-bond acceptors (Lipinski definition) is 3. The first-order valence-electron chi connectivity index (χ1n) is 7.73. The molecular formula is C17H17F3N2O. The molecule has 0 saturated heterocycles. The van der Waals surface area contributed by atoms with Gasteiger partial charge in [0.25, 0.3) is 0 Å². The van der Waals surface area contributed by atoms with Crippen LogP contribution < -0.4 is 0 Å². The molecule has 0 radical (unpaired) electrons. The molecule has 23 heavy (non-hydrogen) atoms. The Morgan fingerprint density at radius 1 is 1.09 bits per heavy atom. The van der Waals surface area contributed by atoms with E-state index in [0.717, 1.165) is 5.56 Å². The minimum absolute atomic E-state index is 0.00793. The maximum atomic E-state index is 13.2. The second-order valence-electron chi connectivity index (χ2n) is 7.22. The molecular weight excluding hydrogens is 305 g/mol. The molecule has 3 nitrogen and oxygen atoms in total. The molecule has 0 spiro atoms. The summed E-state index contributed by atoms with van der Waals surface area (Å²) in [6.45, 7) is 4.17. The zero-order valence-corrected chi connectivity index (χ0v) is 12.9. The summed E-state index contributed by atoms with van der Waals surface area (Å²) in [4.78, 5) is 4.15. The first-order valence-corrected chi connectivity index (χ1v) is 7.73. The lowest BCUT2D eigenvalue weighted by Gasteiger charge is -2.13. The van der Waals surface area contributed by atoms with E-state index in [1.807, 2.05) is 30.3 Å². The summed E-state index contributed by atoms with van der Waals surface area (Å²) in [6.07, 6.45) is -4.25. The van der Waals surface area contributed by atoms with Gasteiger partial charge in [-0.2, -0.15) is 18.2 Å². The minimum atomic E-state index is -4.32. The summed E-state index contributed by atoms with van der Waals surface area (Å²) in [5, 5.41) is 3.88. The summed E-state index contributed by atoms with van der Waals surface area (Å²) in [7, 11) is 0. The quantitative estimate of drug-likeness (QED) is 0.831. The average Bonchev–Trinajstić information content (AvgIpc) is 3.34. The van der Waals surface area contributed by atoms with Crippen LogP contribution in [-0.4, -0.2) is 16.3 Å². The highest BCUT2D eigenvalue weighted by Gasteiger charge is 2.69. The normalized spacial score (nSPS) is 27.7. The molecule has 1 aromatic heterocycles. The first-order chi connectivity index (χ1) is 10.8. The zero-order chi connectivity index (χ0) is 16.5. The van der Waals surface area contributed by atoms with Crippen LogP contribution in [0.4, 0.5) is 13.2 Å². The Bertz CT molecular complexity index is 732. The number of aromatic nitrogens is 2. The zero-order valence-electron chi connectivity index (χ0n) is 12.9. The molecule has 2 aliphatic rings. The largest absolute Gasteiger partial charge is 0.403 e. The number of alkyl halides is 3. The molecule has 1 heterocycles. The summed E-state index contributed by atoms with van der Waals surface area (Å²) in [5.41, 5.74) is -0.831. The van der Waals surface area contributed by atoms with E-state index in [2.05, 4.69) is 24.0 Å². The van der Waals surface area contributed by atoms with Gasteiger partial charge in [0.15, 0.2) is 5.82 Å². The van der Waals surface area contributed by atoms with Crippen molar-refractivity contribution in [1.82, 2.24) is 10.1 Å². The third kappa shape index (κ3) is 2.03. The van der Waals surface area contributed by atoms with Crippen molar-refractivity contribution in [1.29, 1.82) is 0 Å². The van der Waals surface area contributed by atoms with E-state index in [1.165, 1.54) is 0 Å². The molecule has 2 aromatic rings. The molecule has 2 aliphatic carbocycles. The maximum Gasteiger partial charge on any atom is 0.403 e. The van der Waals surface area contributed by atoms with Gasteiger partial charge in [-0.1, -0.05) is 49.3 Å². The van der Waals surface area contributed by atoms with E-state index >= 15 is 0 Å². The van der Waals surface area contributed by atoms with E-state index in [-0.39, 0.29) is 36.0 Å². The van der Waals surface area contributed by atoms with Gasteiger partial charge in [0, 0.05) is 11.8 Å². The van der Waals surface area contributed by atoms with Crippen LogP contribution >= 0.6 is 0 Å². The van der Waals surface area contributed by atoms with Crippen molar-refractivity contribution in [2.24, 2.45) is 5.41 Å². The highest BCUT2D eigenvalue weighted by atomic mass is 19.4. The van der Waals surface area contributed by atoms with Gasteiger partial charge in [-0.3, -0.25) is 0 Å². The molecule has 0 aliphatic heterocycles. The van der Waals surface area contributed by atoms with Crippen molar-refractivity contribution in [3.8, 4) is 0 Å². The van der Waals surface area contributed by atoms with E-state index in [0.29, 0.717) is 5.82 Å². The van der Waals surface area contributed by atoms with Crippen molar-refractivity contribution in [2.45, 2.75) is 50.1 Å². The fourth-order valence-corrected chi connectivity index (χ4v) is 3.70. The van der Waals surface area contributed by atoms with E-state index < -0.39 is 11.6 Å². The summed E-state index contributed by atoms with van der Waals surface area (Å²) >= 11 is 0. The maximum absolute atomic E-state index is 13.2. The number of rotatable bonds is 3. The third-order valence-corrected chi connectivity index (χ3v) is 5.41. The third-order valence-electron chi connectivity index (χ3n) is 5.41. The monoisotopic (exact) mass is 322 g/mol. The van der Waals surface area contributed by atoms with Crippen LogP contribution in [0.2, 0.25) is 0 Å². The lowest BCUT2D eigenvalue weighted by molar-refractivity contribution is -0.166. The SMILES string of the molecule is CC1(C)[C@H](c2ccccc2)[C@H]1c1noc(C2(C(F)(F)F)CC2)n1. The van der Waals surface area contributed by atoms with Crippen LogP contribution in [0, 0.1) is 5.41 Å². The Kier molecular flexibility index (Phi) is 2.79. The molecule has 0 bridgehead atoms. The molecule has 6 heteroatoms. The van der Waals surface area contributed by atoms with Crippen LogP contribution in [-0.2, 0) is 5.41 Å². The van der Waals surface area contributed by atoms with Crippen LogP contribution in [0.1, 0.15) is 55.8 Å². The Morgan fingerprint density at radius 3 is 2.30 bits per heavy atom. The van der Waals surface area contributed by atoms with Crippen LogP contribution in [0.15, 0.2) is 34.9 Å².